The van der Waals surface area contributed by atoms with Crippen molar-refractivity contribution in [2.24, 2.45) is 11.3 Å². The van der Waals surface area contributed by atoms with Gasteiger partial charge in [-0.3, -0.25) is 9.59 Å². The topological polar surface area (TPSA) is 46.7 Å². The largest absolute Gasteiger partial charge is 0.353 e. The molecule has 3 nitrogen and oxygen atoms in total. The summed E-state index contributed by atoms with van der Waals surface area (Å²) in [6.45, 7) is 1.87. The van der Waals surface area contributed by atoms with E-state index in [0.717, 1.165) is 6.42 Å². The van der Waals surface area contributed by atoms with Crippen molar-refractivity contribution in [2.75, 3.05) is 0 Å². The van der Waals surface area contributed by atoms with E-state index in [1.165, 1.54) is 0 Å². The van der Waals surface area contributed by atoms with Gasteiger partial charge < -0.3 is 4.74 Å². The highest BCUT2D eigenvalue weighted by molar-refractivity contribution is 6.11. The molecule has 0 bridgehead atoms. The number of hydrogen-bond donors (Lipinski definition) is 0. The van der Waals surface area contributed by atoms with E-state index in [4.69, 9.17) is 4.74 Å². The van der Waals surface area contributed by atoms with Crippen LogP contribution in [0.4, 0.5) is 0 Å². The maximum Gasteiger partial charge on any atom is 0.171 e. The second kappa shape index (κ2) is 1.29. The quantitative estimate of drug-likeness (QED) is 0.456. The maximum atomic E-state index is 11.4. The summed E-state index contributed by atoms with van der Waals surface area (Å²) in [5.74, 6) is 0.322. The minimum atomic E-state index is -0.355. The van der Waals surface area contributed by atoms with Crippen molar-refractivity contribution < 1.29 is 14.3 Å². The molecule has 0 amide bonds. The van der Waals surface area contributed by atoms with Crippen LogP contribution >= 0.6 is 0 Å². The third kappa shape index (κ3) is 0.475. The van der Waals surface area contributed by atoms with Crippen LogP contribution in [0.5, 0.6) is 0 Å². The van der Waals surface area contributed by atoms with Gasteiger partial charge in [-0.1, -0.05) is 6.92 Å². The number of hydrogen-bond acceptors (Lipinski definition) is 3. The Hall–Kier alpha value is -0.700. The average Bonchev–Trinajstić information content (AvgIpc) is 2.77. The summed E-state index contributed by atoms with van der Waals surface area (Å²) in [5, 5.41) is 0. The molecule has 0 aromatic carbocycles. The highest BCUT2D eigenvalue weighted by atomic mass is 16.6. The van der Waals surface area contributed by atoms with Crippen molar-refractivity contribution in [1.82, 2.24) is 0 Å². The van der Waals surface area contributed by atoms with Gasteiger partial charge in [0, 0.05) is 11.3 Å². The number of fused-ring (bicyclic) bond motifs is 2. The first-order chi connectivity index (χ1) is 5.14. The Bertz CT molecular complexity index is 283. The van der Waals surface area contributed by atoms with E-state index in [1.807, 2.05) is 6.92 Å². The van der Waals surface area contributed by atoms with E-state index in [2.05, 4.69) is 0 Å². The first-order valence-corrected chi connectivity index (χ1v) is 3.88. The van der Waals surface area contributed by atoms with Crippen LogP contribution in [0.15, 0.2) is 0 Å². The van der Waals surface area contributed by atoms with E-state index in [-0.39, 0.29) is 35.1 Å². The van der Waals surface area contributed by atoms with E-state index < -0.39 is 0 Å². The molecule has 0 N–H and O–H groups in total. The minimum absolute atomic E-state index is 0.00116. The van der Waals surface area contributed by atoms with Crippen molar-refractivity contribution in [3.05, 3.63) is 0 Å². The van der Waals surface area contributed by atoms with Gasteiger partial charge in [0.25, 0.3) is 0 Å². The molecule has 4 unspecified atom stereocenters. The molecule has 58 valence electrons. The third-order valence-electron chi connectivity index (χ3n) is 3.17. The molecule has 4 atom stereocenters. The molecule has 1 aliphatic heterocycles. The van der Waals surface area contributed by atoms with Crippen LogP contribution in [0.25, 0.3) is 0 Å². The number of ketones is 2. The normalized spacial score (nSPS) is 58.5. The Morgan fingerprint density at radius 1 is 1.45 bits per heavy atom. The highest BCUT2D eigenvalue weighted by Gasteiger charge is 2.73. The van der Waals surface area contributed by atoms with Gasteiger partial charge in [0.05, 0.1) is 0 Å². The number of epoxide rings is 1. The third-order valence-corrected chi connectivity index (χ3v) is 3.17. The first kappa shape index (κ1) is 5.89. The predicted molar refractivity (Wildman–Crippen MR) is 34.9 cm³/mol. The van der Waals surface area contributed by atoms with Crippen LogP contribution in [0.3, 0.4) is 0 Å². The zero-order valence-corrected chi connectivity index (χ0v) is 6.16. The van der Waals surface area contributed by atoms with Crippen molar-refractivity contribution in [3.63, 3.8) is 0 Å². The molecule has 1 heterocycles. The number of Topliss-reactive ketones (excluding diaryl/α,β-unsaturated/α-hetero) is 2. The molecule has 11 heavy (non-hydrogen) atoms. The van der Waals surface area contributed by atoms with Gasteiger partial charge in [0.1, 0.15) is 0 Å². The van der Waals surface area contributed by atoms with E-state index >= 15 is 0 Å². The fourth-order valence-corrected chi connectivity index (χ4v) is 2.10. The van der Waals surface area contributed by atoms with Crippen molar-refractivity contribution >= 4 is 11.6 Å². The molecular formula is C8H8O3. The van der Waals surface area contributed by atoms with Crippen molar-refractivity contribution in [2.45, 2.75) is 25.6 Å². The first-order valence-electron chi connectivity index (χ1n) is 3.88. The van der Waals surface area contributed by atoms with Gasteiger partial charge >= 0.3 is 0 Å². The Labute approximate surface area is 63.7 Å². The summed E-state index contributed by atoms with van der Waals surface area (Å²) < 4.78 is 4.97. The Balaban J connectivity index is 2.05. The highest BCUT2D eigenvalue weighted by Crippen LogP contribution is 2.61. The van der Waals surface area contributed by atoms with Gasteiger partial charge in [-0.15, -0.1) is 0 Å². The predicted octanol–water partition coefficient (Wildman–Crippen LogP) is -0.0682. The SMILES string of the molecule is CC12CC1C(=O)C1OC1C2=O. The van der Waals surface area contributed by atoms with E-state index in [0.29, 0.717) is 0 Å². The molecule has 3 rings (SSSR count). The molecule has 0 spiro atoms. The fraction of sp³-hybridized carbons (Fsp3) is 0.750. The lowest BCUT2D eigenvalue weighted by atomic mass is 9.88. The molecule has 2 aliphatic carbocycles. The molecule has 3 heteroatoms. The van der Waals surface area contributed by atoms with Crippen LogP contribution in [0, 0.1) is 11.3 Å². The van der Waals surface area contributed by atoms with Gasteiger partial charge in [-0.05, 0) is 6.42 Å². The molecule has 2 saturated carbocycles. The summed E-state index contributed by atoms with van der Waals surface area (Å²) in [6.07, 6.45) is 0.0652. The van der Waals surface area contributed by atoms with Gasteiger partial charge in [-0.25, -0.2) is 0 Å². The molecule has 1 saturated heterocycles. The number of rotatable bonds is 0. The summed E-state index contributed by atoms with van der Waals surface area (Å²) in [6, 6.07) is 0. The summed E-state index contributed by atoms with van der Waals surface area (Å²) in [5.41, 5.74) is -0.325. The van der Waals surface area contributed by atoms with Crippen LogP contribution < -0.4 is 0 Å². The number of ether oxygens (including phenoxy) is 1. The van der Waals surface area contributed by atoms with Gasteiger partial charge in [0.15, 0.2) is 23.8 Å². The van der Waals surface area contributed by atoms with Crippen LogP contribution in [0.1, 0.15) is 13.3 Å². The monoisotopic (exact) mass is 152 g/mol. The second-order valence-electron chi connectivity index (χ2n) is 3.92. The lowest BCUT2D eigenvalue weighted by molar-refractivity contribution is -0.130. The number of carbonyl (C=O) groups is 2. The summed E-state index contributed by atoms with van der Waals surface area (Å²) >= 11 is 0. The molecule has 3 fully saturated rings. The number of carbonyl (C=O) groups excluding carboxylic acids is 2. The van der Waals surface area contributed by atoms with Crippen molar-refractivity contribution in [1.29, 1.82) is 0 Å². The fourth-order valence-electron chi connectivity index (χ4n) is 2.10. The zero-order chi connectivity index (χ0) is 7.80. The Morgan fingerprint density at radius 2 is 2.18 bits per heavy atom. The Kier molecular flexibility index (Phi) is 0.690. The molecule has 0 aromatic heterocycles. The second-order valence-corrected chi connectivity index (χ2v) is 3.92. The summed E-state index contributed by atoms with van der Waals surface area (Å²) in [7, 11) is 0. The molecule has 0 radical (unpaired) electrons. The maximum absolute atomic E-state index is 11.4. The standard InChI is InChI=1S/C8H8O3/c1-8-2-3(8)4(9)5-6(11-5)7(8)10/h3,5-6H,2H2,1H3. The average molecular weight is 152 g/mol. The molecule has 0 aromatic rings. The lowest BCUT2D eigenvalue weighted by Gasteiger charge is -2.10. The van der Waals surface area contributed by atoms with Crippen molar-refractivity contribution in [3.8, 4) is 0 Å². The smallest absolute Gasteiger partial charge is 0.171 e. The van der Waals surface area contributed by atoms with Gasteiger partial charge in [-0.2, -0.15) is 0 Å². The minimum Gasteiger partial charge on any atom is -0.353 e. The van der Waals surface area contributed by atoms with Crippen LogP contribution in [-0.2, 0) is 14.3 Å². The zero-order valence-electron chi connectivity index (χ0n) is 6.16. The summed E-state index contributed by atoms with van der Waals surface area (Å²) in [4.78, 5) is 22.7. The molecular weight excluding hydrogens is 144 g/mol. The van der Waals surface area contributed by atoms with E-state index in [1.54, 1.807) is 0 Å². The molecule has 3 aliphatic rings. The lowest BCUT2D eigenvalue weighted by Crippen LogP contribution is -2.32. The van der Waals surface area contributed by atoms with Crippen LogP contribution in [-0.4, -0.2) is 23.8 Å². The van der Waals surface area contributed by atoms with E-state index in [9.17, 15) is 9.59 Å². The van der Waals surface area contributed by atoms with Crippen LogP contribution in [0.2, 0.25) is 0 Å². The Morgan fingerprint density at radius 3 is 2.91 bits per heavy atom. The van der Waals surface area contributed by atoms with Gasteiger partial charge in [0.2, 0.25) is 0 Å².